The first-order valence-electron chi connectivity index (χ1n) is 6.11. The highest BCUT2D eigenvalue weighted by Gasteiger charge is 2.10. The Bertz CT molecular complexity index is 407. The minimum atomic E-state index is 0.0786. The van der Waals surface area contributed by atoms with E-state index in [1.54, 1.807) is 18.8 Å². The van der Waals surface area contributed by atoms with Gasteiger partial charge in [0.1, 0.15) is 0 Å². The molecule has 100 valence electrons. The van der Waals surface area contributed by atoms with Crippen LogP contribution in [0.3, 0.4) is 0 Å². The molecule has 1 atom stereocenters. The van der Waals surface area contributed by atoms with E-state index in [-0.39, 0.29) is 5.91 Å². The first-order valence-corrected chi connectivity index (χ1v) is 7.26. The molecular formula is C14H22N2OS. The van der Waals surface area contributed by atoms with Gasteiger partial charge in [-0.3, -0.25) is 4.79 Å². The van der Waals surface area contributed by atoms with Crippen LogP contribution in [0.4, 0.5) is 0 Å². The van der Waals surface area contributed by atoms with Crippen LogP contribution in [0, 0.1) is 13.8 Å². The third kappa shape index (κ3) is 4.35. The minimum Gasteiger partial charge on any atom is -0.358 e. The van der Waals surface area contributed by atoms with Crippen LogP contribution < -0.4 is 10.6 Å². The Labute approximate surface area is 114 Å². The summed E-state index contributed by atoms with van der Waals surface area (Å²) in [5.41, 5.74) is 3.90. The van der Waals surface area contributed by atoms with Gasteiger partial charge in [0.15, 0.2) is 0 Å². The molecule has 1 amide bonds. The van der Waals surface area contributed by atoms with Crippen LogP contribution in [-0.4, -0.2) is 31.5 Å². The van der Waals surface area contributed by atoms with E-state index in [4.69, 9.17) is 0 Å². The Morgan fingerprint density at radius 3 is 2.56 bits per heavy atom. The lowest BCUT2D eigenvalue weighted by Gasteiger charge is -2.17. The molecule has 0 bridgehead atoms. The van der Waals surface area contributed by atoms with Crippen molar-refractivity contribution >= 4 is 17.7 Å². The number of carbonyl (C=O) groups is 1. The molecule has 3 nitrogen and oxygen atoms in total. The number of hydrogen-bond acceptors (Lipinski definition) is 3. The Hall–Kier alpha value is -1.00. The molecule has 0 aliphatic carbocycles. The van der Waals surface area contributed by atoms with Crippen molar-refractivity contribution in [3.05, 3.63) is 34.9 Å². The molecule has 18 heavy (non-hydrogen) atoms. The van der Waals surface area contributed by atoms with Crippen molar-refractivity contribution in [2.45, 2.75) is 19.9 Å². The number of thioether (sulfide) groups is 1. The minimum absolute atomic E-state index is 0.0786. The maximum absolute atomic E-state index is 11.2. The summed E-state index contributed by atoms with van der Waals surface area (Å²) in [5, 5.41) is 5.94. The second kappa shape index (κ2) is 7.44. The van der Waals surface area contributed by atoms with Crippen LogP contribution >= 0.6 is 11.8 Å². The van der Waals surface area contributed by atoms with Crippen molar-refractivity contribution in [1.82, 2.24) is 10.6 Å². The SMILES string of the molecule is CNC(=O)CSCC(NC)c1ccc(C)c(C)c1. The highest BCUT2D eigenvalue weighted by molar-refractivity contribution is 7.99. The Balaban J connectivity index is 2.60. The number of hydrogen-bond donors (Lipinski definition) is 2. The van der Waals surface area contributed by atoms with E-state index in [1.165, 1.54) is 16.7 Å². The van der Waals surface area contributed by atoms with Crippen LogP contribution in [0.2, 0.25) is 0 Å². The Kier molecular flexibility index (Phi) is 6.22. The zero-order valence-corrected chi connectivity index (χ0v) is 12.4. The molecule has 1 rings (SSSR count). The summed E-state index contributed by atoms with van der Waals surface area (Å²) in [6, 6.07) is 6.82. The smallest absolute Gasteiger partial charge is 0.229 e. The summed E-state index contributed by atoms with van der Waals surface area (Å²) in [4.78, 5) is 11.2. The summed E-state index contributed by atoms with van der Waals surface area (Å²) in [6.45, 7) is 4.25. The lowest BCUT2D eigenvalue weighted by Crippen LogP contribution is -2.23. The van der Waals surface area contributed by atoms with Crippen LogP contribution in [0.5, 0.6) is 0 Å². The molecule has 1 unspecified atom stereocenters. The topological polar surface area (TPSA) is 41.1 Å². The van der Waals surface area contributed by atoms with Crippen LogP contribution in [-0.2, 0) is 4.79 Å². The van der Waals surface area contributed by atoms with E-state index >= 15 is 0 Å². The maximum atomic E-state index is 11.2. The van der Waals surface area contributed by atoms with Crippen molar-refractivity contribution in [3.8, 4) is 0 Å². The molecule has 4 heteroatoms. The van der Waals surface area contributed by atoms with Gasteiger partial charge < -0.3 is 10.6 Å². The summed E-state index contributed by atoms with van der Waals surface area (Å²) in [7, 11) is 3.63. The zero-order chi connectivity index (χ0) is 13.5. The lowest BCUT2D eigenvalue weighted by molar-refractivity contribution is -0.118. The average molecular weight is 266 g/mol. The average Bonchev–Trinajstić information content (AvgIpc) is 2.38. The normalized spacial score (nSPS) is 12.2. The number of amides is 1. The molecule has 0 saturated heterocycles. The number of nitrogens with one attached hydrogen (secondary N) is 2. The van der Waals surface area contributed by atoms with Gasteiger partial charge in [-0.25, -0.2) is 0 Å². The van der Waals surface area contributed by atoms with Gasteiger partial charge in [-0.15, -0.1) is 0 Å². The molecular weight excluding hydrogens is 244 g/mol. The largest absolute Gasteiger partial charge is 0.358 e. The standard InChI is InChI=1S/C14H22N2OS/c1-10-5-6-12(7-11(10)2)13(15-3)8-18-9-14(17)16-4/h5-7,13,15H,8-9H2,1-4H3,(H,16,17). The molecule has 0 heterocycles. The molecule has 1 aromatic rings. The molecule has 0 saturated carbocycles. The summed E-state index contributed by atoms with van der Waals surface area (Å²) in [5.74, 6) is 1.49. The molecule has 0 aromatic heterocycles. The fraction of sp³-hybridized carbons (Fsp3) is 0.500. The fourth-order valence-corrected chi connectivity index (χ4v) is 2.71. The maximum Gasteiger partial charge on any atom is 0.229 e. The third-order valence-electron chi connectivity index (χ3n) is 3.08. The van der Waals surface area contributed by atoms with Gasteiger partial charge in [0, 0.05) is 18.8 Å². The van der Waals surface area contributed by atoms with Crippen molar-refractivity contribution in [1.29, 1.82) is 0 Å². The number of rotatable bonds is 6. The summed E-state index contributed by atoms with van der Waals surface area (Å²) < 4.78 is 0. The van der Waals surface area contributed by atoms with Crippen LogP contribution in [0.15, 0.2) is 18.2 Å². The fourth-order valence-electron chi connectivity index (χ4n) is 1.67. The van der Waals surface area contributed by atoms with E-state index in [2.05, 4.69) is 42.7 Å². The first kappa shape index (κ1) is 15.1. The monoisotopic (exact) mass is 266 g/mol. The molecule has 0 spiro atoms. The molecule has 0 radical (unpaired) electrons. The van der Waals surface area contributed by atoms with Gasteiger partial charge in [0.2, 0.25) is 5.91 Å². The highest BCUT2D eigenvalue weighted by Crippen LogP contribution is 2.20. The number of aryl methyl sites for hydroxylation is 2. The van der Waals surface area contributed by atoms with Gasteiger partial charge >= 0.3 is 0 Å². The molecule has 0 fully saturated rings. The predicted octanol–water partition coefficient (Wildman–Crippen LogP) is 2.04. The molecule has 1 aromatic carbocycles. The molecule has 2 N–H and O–H groups in total. The number of benzene rings is 1. The number of carbonyl (C=O) groups excluding carboxylic acids is 1. The molecule has 0 aliphatic heterocycles. The Morgan fingerprint density at radius 2 is 2.00 bits per heavy atom. The third-order valence-corrected chi connectivity index (χ3v) is 4.11. The van der Waals surface area contributed by atoms with E-state index in [0.717, 1.165) is 5.75 Å². The summed E-state index contributed by atoms with van der Waals surface area (Å²) in [6.07, 6.45) is 0. The first-order chi connectivity index (χ1) is 8.58. The second-order valence-electron chi connectivity index (χ2n) is 4.37. The highest BCUT2D eigenvalue weighted by atomic mass is 32.2. The van der Waals surface area contributed by atoms with Crippen LogP contribution in [0.25, 0.3) is 0 Å². The van der Waals surface area contributed by atoms with Gasteiger partial charge in [-0.05, 0) is 37.6 Å². The van der Waals surface area contributed by atoms with Gasteiger partial charge in [-0.1, -0.05) is 18.2 Å². The van der Waals surface area contributed by atoms with Gasteiger partial charge in [0.05, 0.1) is 5.75 Å². The van der Waals surface area contributed by atoms with E-state index < -0.39 is 0 Å². The van der Waals surface area contributed by atoms with Gasteiger partial charge in [-0.2, -0.15) is 11.8 Å². The Morgan fingerprint density at radius 1 is 1.28 bits per heavy atom. The van der Waals surface area contributed by atoms with Crippen molar-refractivity contribution in [2.24, 2.45) is 0 Å². The van der Waals surface area contributed by atoms with Crippen molar-refractivity contribution < 1.29 is 4.79 Å². The lowest BCUT2D eigenvalue weighted by atomic mass is 10.0. The van der Waals surface area contributed by atoms with E-state index in [9.17, 15) is 4.79 Å². The summed E-state index contributed by atoms with van der Waals surface area (Å²) >= 11 is 1.65. The van der Waals surface area contributed by atoms with E-state index in [0.29, 0.717) is 11.8 Å². The quantitative estimate of drug-likeness (QED) is 0.828. The van der Waals surface area contributed by atoms with Crippen molar-refractivity contribution in [3.63, 3.8) is 0 Å². The zero-order valence-electron chi connectivity index (χ0n) is 11.5. The predicted molar refractivity (Wildman–Crippen MR) is 79.1 cm³/mol. The van der Waals surface area contributed by atoms with Crippen LogP contribution in [0.1, 0.15) is 22.7 Å². The van der Waals surface area contributed by atoms with Crippen molar-refractivity contribution in [2.75, 3.05) is 25.6 Å². The molecule has 0 aliphatic rings. The van der Waals surface area contributed by atoms with E-state index in [1.807, 2.05) is 7.05 Å². The van der Waals surface area contributed by atoms with Gasteiger partial charge in [0.25, 0.3) is 0 Å². The second-order valence-corrected chi connectivity index (χ2v) is 5.40.